The van der Waals surface area contributed by atoms with Crippen molar-refractivity contribution in [3.8, 4) is 5.75 Å². The molecule has 9 nitrogen and oxygen atoms in total. The third-order valence-electron chi connectivity index (χ3n) is 5.62. The van der Waals surface area contributed by atoms with E-state index in [1.165, 1.54) is 25.7 Å². The fourth-order valence-corrected chi connectivity index (χ4v) is 4.36. The Kier molecular flexibility index (Phi) is 10.0. The van der Waals surface area contributed by atoms with Crippen LogP contribution >= 0.6 is 11.3 Å². The van der Waals surface area contributed by atoms with Crippen molar-refractivity contribution in [2.45, 2.75) is 51.7 Å². The molecule has 1 fully saturated rings. The van der Waals surface area contributed by atoms with Gasteiger partial charge in [-0.1, -0.05) is 24.2 Å². The molecule has 1 aromatic heterocycles. The monoisotopic (exact) mass is 475 g/mol. The molecule has 3 rings (SSSR count). The summed E-state index contributed by atoms with van der Waals surface area (Å²) in [6.45, 7) is 5.25. The minimum Gasteiger partial charge on any atom is -0.497 e. The van der Waals surface area contributed by atoms with E-state index in [9.17, 15) is 9.59 Å². The fourth-order valence-electron chi connectivity index (χ4n) is 3.68. The molecule has 0 radical (unpaired) electrons. The highest BCUT2D eigenvalue weighted by Gasteiger charge is 2.16. The van der Waals surface area contributed by atoms with Crippen molar-refractivity contribution in [2.24, 2.45) is 0 Å². The van der Waals surface area contributed by atoms with Crippen LogP contribution in [0, 0.1) is 0 Å². The van der Waals surface area contributed by atoms with Crippen LogP contribution in [0.15, 0.2) is 24.3 Å². The largest absolute Gasteiger partial charge is 0.497 e. The zero-order valence-corrected chi connectivity index (χ0v) is 20.2. The second-order valence-corrected chi connectivity index (χ2v) is 9.18. The maximum atomic E-state index is 12.3. The predicted octanol–water partition coefficient (Wildman–Crippen LogP) is 3.09. The number of nitrogens with zero attached hydrogens (tertiary/aromatic N) is 3. The van der Waals surface area contributed by atoms with E-state index in [1.54, 1.807) is 31.4 Å². The first-order valence-electron chi connectivity index (χ1n) is 11.4. The van der Waals surface area contributed by atoms with E-state index < -0.39 is 0 Å². The van der Waals surface area contributed by atoms with Crippen LogP contribution in [0.1, 0.15) is 53.8 Å². The van der Waals surface area contributed by atoms with Gasteiger partial charge in [-0.3, -0.25) is 9.59 Å². The van der Waals surface area contributed by atoms with E-state index in [1.807, 2.05) is 0 Å². The summed E-state index contributed by atoms with van der Waals surface area (Å²) in [5.74, 6) is 0.208. The summed E-state index contributed by atoms with van der Waals surface area (Å²) in [4.78, 5) is 26.9. The molecule has 0 aliphatic carbocycles. The molecular weight excluding hydrogens is 442 g/mol. The number of aromatic nitrogens is 2. The second-order valence-electron chi connectivity index (χ2n) is 8.11. The molecule has 2 amide bonds. The highest BCUT2D eigenvalue weighted by molar-refractivity contribution is 7.13. The third-order valence-corrected chi connectivity index (χ3v) is 6.51. The SMILES string of the molecule is COc1ccc(NC(=O)c2nnc(COCC(=O)NCC[C@@H](C)N3CCCCCC3)s2)cc1. The normalized spacial score (nSPS) is 15.5. The number of rotatable bonds is 11. The molecule has 2 N–H and O–H groups in total. The summed E-state index contributed by atoms with van der Waals surface area (Å²) >= 11 is 1.14. The molecule has 0 spiro atoms. The number of likely N-dealkylation sites (tertiary alicyclic amines) is 1. The van der Waals surface area contributed by atoms with Gasteiger partial charge < -0.3 is 25.0 Å². The topological polar surface area (TPSA) is 106 Å². The van der Waals surface area contributed by atoms with Gasteiger partial charge in [0.1, 0.15) is 24.0 Å². The molecule has 2 heterocycles. The lowest BCUT2D eigenvalue weighted by molar-refractivity contribution is -0.126. The quantitative estimate of drug-likeness (QED) is 0.514. The first kappa shape index (κ1) is 25.1. The fraction of sp³-hybridized carbons (Fsp3) is 0.565. The molecule has 10 heteroatoms. The molecule has 1 aliphatic heterocycles. The average molecular weight is 476 g/mol. The minimum absolute atomic E-state index is 0.0505. The molecular formula is C23H33N5O4S. The smallest absolute Gasteiger partial charge is 0.286 e. The van der Waals surface area contributed by atoms with Gasteiger partial charge in [-0.25, -0.2) is 0 Å². The Balaban J connectivity index is 1.32. The van der Waals surface area contributed by atoms with E-state index in [4.69, 9.17) is 9.47 Å². The van der Waals surface area contributed by atoms with Crippen LogP contribution in [0.2, 0.25) is 0 Å². The second kappa shape index (κ2) is 13.2. The van der Waals surface area contributed by atoms with E-state index in [-0.39, 0.29) is 30.0 Å². The number of benzene rings is 1. The number of anilines is 1. The van der Waals surface area contributed by atoms with Crippen molar-refractivity contribution < 1.29 is 19.1 Å². The number of hydrogen-bond acceptors (Lipinski definition) is 8. The van der Waals surface area contributed by atoms with Crippen molar-refractivity contribution >= 4 is 28.8 Å². The van der Waals surface area contributed by atoms with Gasteiger partial charge >= 0.3 is 0 Å². The number of methoxy groups -OCH3 is 1. The zero-order valence-electron chi connectivity index (χ0n) is 19.3. The maximum absolute atomic E-state index is 12.3. The number of carbonyl (C=O) groups is 2. The average Bonchev–Trinajstić information content (AvgIpc) is 3.12. The lowest BCUT2D eigenvalue weighted by Gasteiger charge is -2.27. The van der Waals surface area contributed by atoms with Gasteiger partial charge in [0.25, 0.3) is 5.91 Å². The molecule has 0 bridgehead atoms. The van der Waals surface area contributed by atoms with E-state index >= 15 is 0 Å². The van der Waals surface area contributed by atoms with Gasteiger partial charge in [0.05, 0.1) is 7.11 Å². The summed E-state index contributed by atoms with van der Waals surface area (Å²) in [7, 11) is 1.58. The van der Waals surface area contributed by atoms with Crippen molar-refractivity contribution in [1.82, 2.24) is 20.4 Å². The molecule has 33 heavy (non-hydrogen) atoms. The van der Waals surface area contributed by atoms with E-state index in [0.717, 1.165) is 30.8 Å². The molecule has 1 atom stereocenters. The molecule has 2 aromatic rings. The Hall–Kier alpha value is -2.56. The Bertz CT molecular complexity index is 881. The van der Waals surface area contributed by atoms with Crippen LogP contribution < -0.4 is 15.4 Å². The number of amides is 2. The number of hydrogen-bond donors (Lipinski definition) is 2. The summed E-state index contributed by atoms with van der Waals surface area (Å²) in [5.41, 5.74) is 0.635. The number of carbonyl (C=O) groups excluding carboxylic acids is 2. The van der Waals surface area contributed by atoms with Gasteiger partial charge in [0.2, 0.25) is 10.9 Å². The number of nitrogens with one attached hydrogen (secondary N) is 2. The summed E-state index contributed by atoms with van der Waals surface area (Å²) in [6, 6.07) is 7.48. The van der Waals surface area contributed by atoms with Gasteiger partial charge in [-0.15, -0.1) is 10.2 Å². The van der Waals surface area contributed by atoms with Crippen LogP contribution in [-0.4, -0.2) is 66.3 Å². The summed E-state index contributed by atoms with van der Waals surface area (Å²) in [6.07, 6.45) is 6.10. The molecule has 1 saturated heterocycles. The third kappa shape index (κ3) is 8.38. The lowest BCUT2D eigenvalue weighted by Crippen LogP contribution is -2.37. The Morgan fingerprint density at radius 3 is 2.55 bits per heavy atom. The Morgan fingerprint density at radius 1 is 1.12 bits per heavy atom. The van der Waals surface area contributed by atoms with Gasteiger partial charge in [0, 0.05) is 18.3 Å². The predicted molar refractivity (Wildman–Crippen MR) is 128 cm³/mol. The Morgan fingerprint density at radius 2 is 1.85 bits per heavy atom. The first-order valence-corrected chi connectivity index (χ1v) is 12.2. The summed E-state index contributed by atoms with van der Waals surface area (Å²) in [5, 5.41) is 14.3. The minimum atomic E-state index is -0.347. The van der Waals surface area contributed by atoms with E-state index in [2.05, 4.69) is 32.7 Å². The van der Waals surface area contributed by atoms with Gasteiger partial charge in [0.15, 0.2) is 0 Å². The van der Waals surface area contributed by atoms with Crippen LogP contribution in [0.25, 0.3) is 0 Å². The van der Waals surface area contributed by atoms with Crippen molar-refractivity contribution in [2.75, 3.05) is 38.7 Å². The number of ether oxygens (including phenoxy) is 2. The van der Waals surface area contributed by atoms with E-state index in [0.29, 0.717) is 29.0 Å². The maximum Gasteiger partial charge on any atom is 0.286 e. The molecule has 1 aromatic carbocycles. The van der Waals surface area contributed by atoms with Gasteiger partial charge in [-0.05, 0) is 63.5 Å². The molecule has 180 valence electrons. The van der Waals surface area contributed by atoms with Crippen LogP contribution in [-0.2, 0) is 16.1 Å². The first-order chi connectivity index (χ1) is 16.0. The molecule has 0 unspecified atom stereocenters. The van der Waals surface area contributed by atoms with Gasteiger partial charge in [-0.2, -0.15) is 0 Å². The van der Waals surface area contributed by atoms with Crippen molar-refractivity contribution in [1.29, 1.82) is 0 Å². The standard InChI is InChI=1S/C23H33N5O4S/c1-17(28-13-5-3-4-6-14-28)11-12-24-20(29)15-32-16-21-26-27-23(33-21)22(30)25-18-7-9-19(31-2)10-8-18/h7-10,17H,3-6,11-16H2,1-2H3,(H,24,29)(H,25,30)/t17-/m1/s1. The highest BCUT2D eigenvalue weighted by atomic mass is 32.1. The van der Waals surface area contributed by atoms with Crippen LogP contribution in [0.3, 0.4) is 0 Å². The molecule has 1 aliphatic rings. The zero-order chi connectivity index (χ0) is 23.5. The van der Waals surface area contributed by atoms with Crippen molar-refractivity contribution in [3.05, 3.63) is 34.3 Å². The summed E-state index contributed by atoms with van der Waals surface area (Å²) < 4.78 is 10.5. The van der Waals surface area contributed by atoms with Crippen LogP contribution in [0.4, 0.5) is 5.69 Å². The van der Waals surface area contributed by atoms with Crippen molar-refractivity contribution in [3.63, 3.8) is 0 Å². The lowest BCUT2D eigenvalue weighted by atomic mass is 10.2. The van der Waals surface area contributed by atoms with Crippen LogP contribution in [0.5, 0.6) is 5.75 Å². The molecule has 0 saturated carbocycles. The highest BCUT2D eigenvalue weighted by Crippen LogP contribution is 2.17. The Labute approximate surface area is 198 Å².